The number of rotatable bonds is 5. The molecule has 2 amide bonds. The van der Waals surface area contributed by atoms with Crippen LogP contribution in [0.4, 0.5) is 23.1 Å². The molecule has 1 N–H and O–H groups in total. The number of halogens is 1. The molecule has 2 fully saturated rings. The van der Waals surface area contributed by atoms with Crippen molar-refractivity contribution in [3.05, 3.63) is 70.9 Å². The number of benzene rings is 2. The molecule has 0 spiro atoms. The quantitative estimate of drug-likeness (QED) is 0.561. The molecule has 3 aromatic rings. The van der Waals surface area contributed by atoms with Crippen LogP contribution in [0.1, 0.15) is 17.7 Å². The molecule has 0 radical (unpaired) electrons. The second kappa shape index (κ2) is 10.1. The number of anilines is 4. The van der Waals surface area contributed by atoms with Gasteiger partial charge in [-0.3, -0.25) is 9.59 Å². The predicted molar refractivity (Wildman–Crippen MR) is 142 cm³/mol. The number of nitrogens with zero attached hydrogens (tertiary/aromatic N) is 5. The van der Waals surface area contributed by atoms with Gasteiger partial charge in [0.2, 0.25) is 17.8 Å². The smallest absolute Gasteiger partial charge is 0.229 e. The molecule has 2 saturated heterocycles. The number of amides is 2. The normalized spacial score (nSPS) is 18.0. The number of carbonyl (C=O) groups is 2. The van der Waals surface area contributed by atoms with E-state index in [4.69, 9.17) is 16.6 Å². The molecule has 3 heterocycles. The molecule has 1 unspecified atom stereocenters. The highest BCUT2D eigenvalue weighted by Gasteiger charge is 2.38. The first-order valence-corrected chi connectivity index (χ1v) is 12.5. The number of hydrogen-bond donors (Lipinski definition) is 1. The lowest BCUT2D eigenvalue weighted by molar-refractivity contribution is -0.136. The van der Waals surface area contributed by atoms with Gasteiger partial charge in [0.05, 0.1) is 5.92 Å². The zero-order valence-electron chi connectivity index (χ0n) is 20.4. The van der Waals surface area contributed by atoms with Crippen molar-refractivity contribution >= 4 is 46.6 Å². The summed E-state index contributed by atoms with van der Waals surface area (Å²) < 4.78 is 0. The van der Waals surface area contributed by atoms with Crippen LogP contribution in [0.25, 0.3) is 0 Å². The minimum Gasteiger partial charge on any atom is -0.353 e. The van der Waals surface area contributed by atoms with Crippen molar-refractivity contribution in [3.63, 3.8) is 0 Å². The van der Waals surface area contributed by atoms with Crippen LogP contribution in [0.5, 0.6) is 0 Å². The number of aryl methyl sites for hydroxylation is 2. The van der Waals surface area contributed by atoms with E-state index in [1.807, 2.05) is 54.3 Å². The summed E-state index contributed by atoms with van der Waals surface area (Å²) in [5, 5.41) is 3.90. The molecule has 8 nitrogen and oxygen atoms in total. The monoisotopic (exact) mass is 504 g/mol. The van der Waals surface area contributed by atoms with E-state index in [0.29, 0.717) is 43.7 Å². The van der Waals surface area contributed by atoms with E-state index in [1.54, 1.807) is 17.0 Å². The van der Waals surface area contributed by atoms with Gasteiger partial charge in [-0.25, -0.2) is 4.98 Å². The van der Waals surface area contributed by atoms with Crippen molar-refractivity contribution in [3.8, 4) is 0 Å². The fourth-order valence-corrected chi connectivity index (χ4v) is 4.82. The average Bonchev–Trinajstić information content (AvgIpc) is 3.27. The molecule has 0 saturated carbocycles. The minimum atomic E-state index is -0.327. The molecule has 9 heteroatoms. The van der Waals surface area contributed by atoms with Crippen LogP contribution in [0.2, 0.25) is 5.02 Å². The van der Waals surface area contributed by atoms with E-state index in [0.717, 1.165) is 22.9 Å². The van der Waals surface area contributed by atoms with Crippen LogP contribution < -0.4 is 15.1 Å². The summed E-state index contributed by atoms with van der Waals surface area (Å²) in [5.74, 6) is 1.08. The molecule has 2 aromatic carbocycles. The predicted octanol–water partition coefficient (Wildman–Crippen LogP) is 4.19. The van der Waals surface area contributed by atoms with Gasteiger partial charge in [0.15, 0.2) is 0 Å². The number of piperazine rings is 1. The zero-order chi connectivity index (χ0) is 25.2. The first-order valence-electron chi connectivity index (χ1n) is 12.1. The summed E-state index contributed by atoms with van der Waals surface area (Å²) in [7, 11) is 0. The Labute approximate surface area is 215 Å². The fourth-order valence-electron chi connectivity index (χ4n) is 4.69. The highest BCUT2D eigenvalue weighted by atomic mass is 35.5. The van der Waals surface area contributed by atoms with E-state index < -0.39 is 0 Å². The van der Waals surface area contributed by atoms with Crippen LogP contribution in [-0.2, 0) is 9.59 Å². The molecule has 5 rings (SSSR count). The lowest BCUT2D eigenvalue weighted by Gasteiger charge is -2.36. The Morgan fingerprint density at radius 2 is 1.67 bits per heavy atom. The first-order chi connectivity index (χ1) is 17.4. The number of hydrogen-bond acceptors (Lipinski definition) is 6. The van der Waals surface area contributed by atoms with Gasteiger partial charge in [0.1, 0.15) is 5.82 Å². The Kier molecular flexibility index (Phi) is 6.78. The Morgan fingerprint density at radius 1 is 0.972 bits per heavy atom. The molecule has 0 bridgehead atoms. The third kappa shape index (κ3) is 5.28. The third-order valence-corrected chi connectivity index (χ3v) is 6.93. The maximum Gasteiger partial charge on any atom is 0.229 e. The van der Waals surface area contributed by atoms with E-state index in [1.165, 1.54) is 5.56 Å². The lowest BCUT2D eigenvalue weighted by Crippen LogP contribution is -2.51. The summed E-state index contributed by atoms with van der Waals surface area (Å²) in [5.41, 5.74) is 3.78. The lowest BCUT2D eigenvalue weighted by atomic mass is 10.1. The van der Waals surface area contributed by atoms with E-state index in [2.05, 4.69) is 22.1 Å². The van der Waals surface area contributed by atoms with Crippen molar-refractivity contribution in [1.29, 1.82) is 0 Å². The maximum atomic E-state index is 13.2. The molecule has 2 aliphatic heterocycles. The van der Waals surface area contributed by atoms with Crippen molar-refractivity contribution in [2.45, 2.75) is 20.3 Å². The summed E-state index contributed by atoms with van der Waals surface area (Å²) in [4.78, 5) is 40.8. The minimum absolute atomic E-state index is 0.0284. The largest absolute Gasteiger partial charge is 0.353 e. The molecule has 186 valence electrons. The van der Waals surface area contributed by atoms with Gasteiger partial charge in [0, 0.05) is 67.3 Å². The van der Waals surface area contributed by atoms with Gasteiger partial charge in [-0.05, 0) is 50.2 Å². The Balaban J connectivity index is 1.20. The number of carbonyl (C=O) groups excluding carboxylic acids is 2. The van der Waals surface area contributed by atoms with Crippen molar-refractivity contribution in [1.82, 2.24) is 14.9 Å². The molecule has 1 atom stereocenters. The van der Waals surface area contributed by atoms with Crippen LogP contribution in [0, 0.1) is 19.8 Å². The van der Waals surface area contributed by atoms with Crippen molar-refractivity contribution in [2.75, 3.05) is 47.8 Å². The van der Waals surface area contributed by atoms with Crippen LogP contribution in [0.3, 0.4) is 0 Å². The maximum absolute atomic E-state index is 13.2. The fraction of sp³-hybridized carbons (Fsp3) is 0.333. The molecule has 36 heavy (non-hydrogen) atoms. The summed E-state index contributed by atoms with van der Waals surface area (Å²) in [6, 6.07) is 17.2. The van der Waals surface area contributed by atoms with E-state index in [-0.39, 0.29) is 24.2 Å². The summed E-state index contributed by atoms with van der Waals surface area (Å²) in [6.07, 6.45) is 0.237. The van der Waals surface area contributed by atoms with Gasteiger partial charge < -0.3 is 20.0 Å². The van der Waals surface area contributed by atoms with Crippen LogP contribution in [0.15, 0.2) is 54.6 Å². The summed E-state index contributed by atoms with van der Waals surface area (Å²) in [6.45, 7) is 6.94. The van der Waals surface area contributed by atoms with Gasteiger partial charge in [-0.2, -0.15) is 4.98 Å². The van der Waals surface area contributed by atoms with Gasteiger partial charge in [-0.15, -0.1) is 0 Å². The Bertz CT molecular complexity index is 1260. The SMILES string of the molecule is Cc1ccc(Nc2nc(C)cc(N3CCN(C(=O)C4CC(=O)N(c5ccc(Cl)cc5)C4)CC3)n2)cc1. The van der Waals surface area contributed by atoms with E-state index >= 15 is 0 Å². The van der Waals surface area contributed by atoms with Gasteiger partial charge >= 0.3 is 0 Å². The highest BCUT2D eigenvalue weighted by Crippen LogP contribution is 2.28. The second-order valence-corrected chi connectivity index (χ2v) is 9.81. The standard InChI is InChI=1S/C27H29ClN6O2/c1-18-3-7-22(8-4-18)30-27-29-19(2)15-24(31-27)32-11-13-33(14-12-32)26(36)20-16-25(35)34(17-20)23-9-5-21(28)6-10-23/h3-10,15,20H,11-14,16-17H2,1-2H3,(H,29,30,31). The second-order valence-electron chi connectivity index (χ2n) is 9.38. The molecular formula is C27H29ClN6O2. The first kappa shape index (κ1) is 24.1. The average molecular weight is 505 g/mol. The highest BCUT2D eigenvalue weighted by molar-refractivity contribution is 6.30. The molecule has 0 aliphatic carbocycles. The van der Waals surface area contributed by atoms with Crippen molar-refractivity contribution in [2.24, 2.45) is 5.92 Å². The zero-order valence-corrected chi connectivity index (χ0v) is 21.2. The Morgan fingerprint density at radius 3 is 2.36 bits per heavy atom. The topological polar surface area (TPSA) is 81.7 Å². The van der Waals surface area contributed by atoms with E-state index in [9.17, 15) is 9.59 Å². The number of aromatic nitrogens is 2. The molecule has 2 aliphatic rings. The Hall–Kier alpha value is -3.65. The van der Waals surface area contributed by atoms with Gasteiger partial charge in [0.25, 0.3) is 0 Å². The summed E-state index contributed by atoms with van der Waals surface area (Å²) >= 11 is 5.97. The number of nitrogens with one attached hydrogen (secondary N) is 1. The van der Waals surface area contributed by atoms with Crippen molar-refractivity contribution < 1.29 is 9.59 Å². The molecule has 1 aromatic heterocycles. The van der Waals surface area contributed by atoms with Gasteiger partial charge in [-0.1, -0.05) is 29.3 Å². The van der Waals surface area contributed by atoms with Crippen LogP contribution in [-0.4, -0.2) is 59.4 Å². The molecular weight excluding hydrogens is 476 g/mol. The van der Waals surface area contributed by atoms with Crippen LogP contribution >= 0.6 is 11.6 Å². The third-order valence-electron chi connectivity index (χ3n) is 6.68.